The molecule has 0 spiro atoms. The normalized spacial score (nSPS) is 13.0. The van der Waals surface area contributed by atoms with Crippen molar-refractivity contribution in [1.82, 2.24) is 4.31 Å². The summed E-state index contributed by atoms with van der Waals surface area (Å²) in [4.78, 5) is 23.3. The third-order valence-electron chi connectivity index (χ3n) is 3.00. The number of hydrogen-bond acceptors (Lipinski definition) is 5. The molecule has 0 saturated heterocycles. The molecule has 21 heavy (non-hydrogen) atoms. The summed E-state index contributed by atoms with van der Waals surface area (Å²) in [5.41, 5.74) is 0. The maximum absolute atomic E-state index is 12.2. The molecule has 0 N–H and O–H groups in total. The minimum Gasteiger partial charge on any atom is -0.425 e. The molecule has 6 nitrogen and oxygen atoms in total. The highest BCUT2D eigenvalue weighted by Crippen LogP contribution is 2.26. The highest BCUT2D eigenvalue weighted by Gasteiger charge is 2.26. The maximum atomic E-state index is 12.2. The van der Waals surface area contributed by atoms with Gasteiger partial charge in [-0.1, -0.05) is 19.1 Å². The Morgan fingerprint density at radius 1 is 1.24 bits per heavy atom. The van der Waals surface area contributed by atoms with Crippen molar-refractivity contribution in [1.29, 1.82) is 0 Å². The van der Waals surface area contributed by atoms with Gasteiger partial charge in [0.1, 0.15) is 16.6 Å². The van der Waals surface area contributed by atoms with Crippen LogP contribution in [0.2, 0.25) is 0 Å². The van der Waals surface area contributed by atoms with Crippen LogP contribution in [0.3, 0.4) is 0 Å². The fourth-order valence-electron chi connectivity index (χ4n) is 1.58. The molecule has 1 aromatic carbocycles. The van der Waals surface area contributed by atoms with Crippen LogP contribution in [-0.2, 0) is 19.6 Å². The summed E-state index contributed by atoms with van der Waals surface area (Å²) in [6.07, 6.45) is 0.216. The second-order valence-corrected chi connectivity index (χ2v) is 6.82. The van der Waals surface area contributed by atoms with Gasteiger partial charge < -0.3 is 4.74 Å². The Kier molecular flexibility index (Phi) is 5.62. The number of hydrogen-bond donors (Lipinski definition) is 0. The molecule has 0 heterocycles. The molecule has 1 rings (SSSR count). The Morgan fingerprint density at radius 3 is 2.33 bits per heavy atom. The molecule has 0 bridgehead atoms. The number of sulfonamides is 1. The van der Waals surface area contributed by atoms with E-state index in [1.165, 1.54) is 39.2 Å². The van der Waals surface area contributed by atoms with E-state index in [9.17, 15) is 18.0 Å². The Morgan fingerprint density at radius 2 is 1.81 bits per heavy atom. The van der Waals surface area contributed by atoms with Crippen molar-refractivity contribution in [3.05, 3.63) is 24.3 Å². The standard InChI is InChI=1S/C14H19NO5S/c1-5-11(16)10(2)14(17)20-12-8-6-7-9-13(12)21(18,19)15(3)4/h6-10H,5H2,1-4H3. The highest BCUT2D eigenvalue weighted by molar-refractivity contribution is 7.89. The molecule has 0 amide bonds. The minimum absolute atomic E-state index is 0.0769. The molecule has 1 aromatic rings. The number of ketones is 1. The number of carbonyl (C=O) groups is 2. The van der Waals surface area contributed by atoms with E-state index in [0.717, 1.165) is 4.31 Å². The Balaban J connectivity index is 3.12. The first-order valence-corrected chi connectivity index (χ1v) is 7.91. The van der Waals surface area contributed by atoms with Crippen LogP contribution in [0, 0.1) is 5.92 Å². The first-order valence-electron chi connectivity index (χ1n) is 6.47. The van der Waals surface area contributed by atoms with E-state index in [2.05, 4.69) is 0 Å². The van der Waals surface area contributed by atoms with Gasteiger partial charge in [0.2, 0.25) is 10.0 Å². The smallest absolute Gasteiger partial charge is 0.321 e. The number of Topliss-reactive ketones (excluding diaryl/α,β-unsaturated/α-hetero) is 1. The fourth-order valence-corrected chi connectivity index (χ4v) is 2.59. The van der Waals surface area contributed by atoms with E-state index in [-0.39, 0.29) is 22.8 Å². The first kappa shape index (κ1) is 17.3. The van der Waals surface area contributed by atoms with Crippen LogP contribution in [0.15, 0.2) is 29.2 Å². The molecule has 116 valence electrons. The van der Waals surface area contributed by atoms with Crippen molar-refractivity contribution in [3.8, 4) is 5.75 Å². The van der Waals surface area contributed by atoms with Gasteiger partial charge in [0, 0.05) is 20.5 Å². The van der Waals surface area contributed by atoms with Gasteiger partial charge in [0.05, 0.1) is 0 Å². The lowest BCUT2D eigenvalue weighted by molar-refractivity contribution is -0.143. The number of esters is 1. The molecule has 1 unspecified atom stereocenters. The third kappa shape index (κ3) is 3.89. The average molecular weight is 313 g/mol. The van der Waals surface area contributed by atoms with Gasteiger partial charge in [0.25, 0.3) is 0 Å². The second-order valence-electron chi connectivity index (χ2n) is 4.70. The molecule has 0 aliphatic carbocycles. The van der Waals surface area contributed by atoms with E-state index in [1.54, 1.807) is 13.0 Å². The number of para-hydroxylation sites is 1. The van der Waals surface area contributed by atoms with E-state index in [1.807, 2.05) is 0 Å². The molecule has 0 aliphatic rings. The molecule has 1 atom stereocenters. The van der Waals surface area contributed by atoms with Crippen LogP contribution < -0.4 is 4.74 Å². The minimum atomic E-state index is -3.73. The van der Waals surface area contributed by atoms with E-state index < -0.39 is 21.9 Å². The maximum Gasteiger partial charge on any atom is 0.321 e. The summed E-state index contributed by atoms with van der Waals surface area (Å²) in [6.45, 7) is 3.09. The molecule has 7 heteroatoms. The largest absolute Gasteiger partial charge is 0.425 e. The van der Waals surface area contributed by atoms with Crippen LogP contribution in [0.5, 0.6) is 5.75 Å². The van der Waals surface area contributed by atoms with Crippen molar-refractivity contribution < 1.29 is 22.7 Å². The van der Waals surface area contributed by atoms with Gasteiger partial charge >= 0.3 is 5.97 Å². The lowest BCUT2D eigenvalue weighted by Gasteiger charge is -2.16. The van der Waals surface area contributed by atoms with Crippen LogP contribution in [0.1, 0.15) is 20.3 Å². The number of carbonyl (C=O) groups excluding carboxylic acids is 2. The molecule has 0 radical (unpaired) electrons. The highest BCUT2D eigenvalue weighted by atomic mass is 32.2. The topological polar surface area (TPSA) is 80.8 Å². The number of nitrogens with zero attached hydrogens (tertiary/aromatic N) is 1. The molecular formula is C14H19NO5S. The zero-order valence-corrected chi connectivity index (χ0v) is 13.3. The van der Waals surface area contributed by atoms with Crippen molar-refractivity contribution in [2.45, 2.75) is 25.2 Å². The van der Waals surface area contributed by atoms with Gasteiger partial charge in [-0.15, -0.1) is 0 Å². The molecule has 0 aromatic heterocycles. The molecule has 0 saturated carbocycles. The Bertz CT molecular complexity index is 637. The molecule has 0 aliphatic heterocycles. The van der Waals surface area contributed by atoms with E-state index >= 15 is 0 Å². The zero-order chi connectivity index (χ0) is 16.2. The summed E-state index contributed by atoms with van der Waals surface area (Å²) >= 11 is 0. The van der Waals surface area contributed by atoms with Gasteiger partial charge in [-0.05, 0) is 19.1 Å². The average Bonchev–Trinajstić information content (AvgIpc) is 2.45. The molecular weight excluding hydrogens is 294 g/mol. The Hall–Kier alpha value is -1.73. The summed E-state index contributed by atoms with van der Waals surface area (Å²) in [7, 11) is -0.961. The zero-order valence-electron chi connectivity index (χ0n) is 12.5. The predicted octanol–water partition coefficient (Wildman–Crippen LogP) is 1.46. The predicted molar refractivity (Wildman–Crippen MR) is 77.4 cm³/mol. The van der Waals surface area contributed by atoms with Crippen LogP contribution in [0.4, 0.5) is 0 Å². The number of benzene rings is 1. The summed E-state index contributed by atoms with van der Waals surface area (Å²) in [6, 6.07) is 5.83. The quantitative estimate of drug-likeness (QED) is 0.451. The van der Waals surface area contributed by atoms with Crippen molar-refractivity contribution >= 4 is 21.8 Å². The summed E-state index contributed by atoms with van der Waals surface area (Å²) in [5.74, 6) is -2.02. The van der Waals surface area contributed by atoms with Gasteiger partial charge in [-0.3, -0.25) is 9.59 Å². The van der Waals surface area contributed by atoms with Crippen molar-refractivity contribution in [2.24, 2.45) is 5.92 Å². The van der Waals surface area contributed by atoms with Gasteiger partial charge in [-0.2, -0.15) is 0 Å². The van der Waals surface area contributed by atoms with E-state index in [4.69, 9.17) is 4.74 Å². The SMILES string of the molecule is CCC(=O)C(C)C(=O)Oc1ccccc1S(=O)(=O)N(C)C. The lowest BCUT2D eigenvalue weighted by Crippen LogP contribution is -2.27. The summed E-state index contributed by atoms with van der Waals surface area (Å²) < 4.78 is 30.5. The van der Waals surface area contributed by atoms with Crippen molar-refractivity contribution in [3.63, 3.8) is 0 Å². The Labute approximate surface area is 124 Å². The van der Waals surface area contributed by atoms with Gasteiger partial charge in [-0.25, -0.2) is 12.7 Å². The van der Waals surface area contributed by atoms with Crippen LogP contribution in [0.25, 0.3) is 0 Å². The monoisotopic (exact) mass is 313 g/mol. The van der Waals surface area contributed by atoms with Gasteiger partial charge in [0.15, 0.2) is 5.75 Å². The second kappa shape index (κ2) is 6.82. The third-order valence-corrected chi connectivity index (χ3v) is 4.86. The number of ether oxygens (including phenoxy) is 1. The first-order chi connectivity index (χ1) is 9.71. The molecule has 0 fully saturated rings. The van der Waals surface area contributed by atoms with Crippen LogP contribution >= 0.6 is 0 Å². The van der Waals surface area contributed by atoms with Crippen molar-refractivity contribution in [2.75, 3.05) is 14.1 Å². The van der Waals surface area contributed by atoms with Crippen LogP contribution in [-0.4, -0.2) is 38.6 Å². The summed E-state index contributed by atoms with van der Waals surface area (Å²) in [5, 5.41) is 0. The number of rotatable bonds is 6. The fraction of sp³-hybridized carbons (Fsp3) is 0.429. The lowest BCUT2D eigenvalue weighted by atomic mass is 10.1. The van der Waals surface area contributed by atoms with E-state index in [0.29, 0.717) is 0 Å².